The van der Waals surface area contributed by atoms with Crippen LogP contribution in [-0.4, -0.2) is 23.6 Å². The number of rotatable bonds is 9. The molecule has 1 heterocycles. The number of unbranched alkanes of at least 4 members (excludes halogenated alkanes) is 5. The molecule has 0 radical (unpaired) electrons. The van der Waals surface area contributed by atoms with Crippen molar-refractivity contribution in [2.75, 3.05) is 14.1 Å². The molecule has 1 aromatic carbocycles. The Morgan fingerprint density at radius 3 is 2.50 bits per heavy atom. The Labute approximate surface area is 133 Å². The number of hydrogen-bond donors (Lipinski definition) is 0. The van der Waals surface area contributed by atoms with Crippen molar-refractivity contribution < 1.29 is 4.39 Å². The molecule has 0 bridgehead atoms. The lowest BCUT2D eigenvalue weighted by Crippen LogP contribution is -2.10. The quantitative estimate of drug-likeness (QED) is 0.578. The molecule has 2 aromatic rings. The van der Waals surface area contributed by atoms with Gasteiger partial charge in [-0.2, -0.15) is 0 Å². The normalized spacial score (nSPS) is 11.7. The number of benzene rings is 1. The third kappa shape index (κ3) is 4.57. The van der Waals surface area contributed by atoms with Crippen LogP contribution < -0.4 is 0 Å². The van der Waals surface area contributed by atoms with E-state index >= 15 is 0 Å². The number of nitrogens with zero attached hydrogens (tertiary/aromatic N) is 2. The van der Waals surface area contributed by atoms with Crippen molar-refractivity contribution in [2.24, 2.45) is 0 Å². The van der Waals surface area contributed by atoms with Crippen molar-refractivity contribution >= 4 is 10.9 Å². The number of hydrogen-bond acceptors (Lipinski definition) is 1. The van der Waals surface area contributed by atoms with E-state index in [4.69, 9.17) is 0 Å². The summed E-state index contributed by atoms with van der Waals surface area (Å²) < 4.78 is 15.9. The lowest BCUT2D eigenvalue weighted by atomic mass is 10.1. The summed E-state index contributed by atoms with van der Waals surface area (Å²) in [6.07, 6.45) is 10.00. The summed E-state index contributed by atoms with van der Waals surface area (Å²) in [5.74, 6) is -0.148. The fourth-order valence-corrected chi connectivity index (χ4v) is 3.06. The van der Waals surface area contributed by atoms with E-state index < -0.39 is 0 Å². The van der Waals surface area contributed by atoms with Crippen molar-refractivity contribution in [3.63, 3.8) is 0 Å². The molecule has 0 saturated carbocycles. The Morgan fingerprint density at radius 2 is 1.77 bits per heavy atom. The van der Waals surface area contributed by atoms with Crippen LogP contribution in [0.3, 0.4) is 0 Å². The zero-order valence-electron chi connectivity index (χ0n) is 14.2. The smallest absolute Gasteiger partial charge is 0.123 e. The Balaban J connectivity index is 2.05. The van der Waals surface area contributed by atoms with E-state index in [1.807, 2.05) is 6.07 Å². The van der Waals surface area contributed by atoms with Gasteiger partial charge in [-0.05, 0) is 44.3 Å². The Hall–Kier alpha value is -1.35. The van der Waals surface area contributed by atoms with E-state index in [1.165, 1.54) is 44.1 Å². The second-order valence-corrected chi connectivity index (χ2v) is 6.51. The molecule has 0 aliphatic heterocycles. The lowest BCUT2D eigenvalue weighted by molar-refractivity contribution is 0.403. The summed E-state index contributed by atoms with van der Waals surface area (Å²) in [7, 11) is 4.10. The van der Waals surface area contributed by atoms with Gasteiger partial charge >= 0.3 is 0 Å². The van der Waals surface area contributed by atoms with Crippen LogP contribution in [0.1, 0.15) is 51.0 Å². The van der Waals surface area contributed by atoms with E-state index in [0.29, 0.717) is 0 Å². The van der Waals surface area contributed by atoms with Crippen LogP contribution in [0.2, 0.25) is 0 Å². The maximum Gasteiger partial charge on any atom is 0.123 e. The lowest BCUT2D eigenvalue weighted by Gasteiger charge is -2.07. The first-order valence-electron chi connectivity index (χ1n) is 8.54. The number of aromatic nitrogens is 1. The molecule has 1 aromatic heterocycles. The van der Waals surface area contributed by atoms with Crippen LogP contribution in [0.25, 0.3) is 10.9 Å². The van der Waals surface area contributed by atoms with Crippen molar-refractivity contribution in [3.8, 4) is 0 Å². The van der Waals surface area contributed by atoms with Gasteiger partial charge in [0.05, 0.1) is 0 Å². The fourth-order valence-electron chi connectivity index (χ4n) is 3.06. The van der Waals surface area contributed by atoms with Crippen molar-refractivity contribution in [1.29, 1.82) is 0 Å². The molecule has 0 unspecified atom stereocenters. The van der Waals surface area contributed by atoms with Crippen LogP contribution >= 0.6 is 0 Å². The summed E-state index contributed by atoms with van der Waals surface area (Å²) in [5.41, 5.74) is 2.37. The van der Waals surface area contributed by atoms with E-state index in [2.05, 4.69) is 36.7 Å². The van der Waals surface area contributed by atoms with Crippen LogP contribution in [0.15, 0.2) is 24.4 Å². The summed E-state index contributed by atoms with van der Waals surface area (Å²) >= 11 is 0. The largest absolute Gasteiger partial charge is 0.347 e. The number of halogens is 1. The molecule has 0 spiro atoms. The average Bonchev–Trinajstić information content (AvgIpc) is 2.79. The standard InChI is InChI=1S/C19H29FN2/c1-4-5-6-7-8-9-12-22-15-16(14-21(2)3)18-13-17(20)10-11-19(18)22/h10-11,13,15H,4-9,12,14H2,1-3H3. The van der Waals surface area contributed by atoms with Gasteiger partial charge in [0, 0.05) is 30.2 Å². The monoisotopic (exact) mass is 304 g/mol. The average molecular weight is 304 g/mol. The van der Waals surface area contributed by atoms with Gasteiger partial charge in [0.2, 0.25) is 0 Å². The van der Waals surface area contributed by atoms with Gasteiger partial charge in [-0.1, -0.05) is 39.0 Å². The van der Waals surface area contributed by atoms with Gasteiger partial charge in [0.1, 0.15) is 5.82 Å². The highest BCUT2D eigenvalue weighted by molar-refractivity contribution is 5.84. The van der Waals surface area contributed by atoms with Crippen LogP contribution in [0, 0.1) is 5.82 Å². The van der Waals surface area contributed by atoms with Crippen molar-refractivity contribution in [1.82, 2.24) is 9.47 Å². The van der Waals surface area contributed by atoms with E-state index in [0.717, 1.165) is 24.0 Å². The first kappa shape index (κ1) is 17.0. The molecular weight excluding hydrogens is 275 g/mol. The Morgan fingerprint density at radius 1 is 1.05 bits per heavy atom. The molecule has 0 aliphatic rings. The highest BCUT2D eigenvalue weighted by Crippen LogP contribution is 2.24. The van der Waals surface area contributed by atoms with Gasteiger partial charge in [-0.25, -0.2) is 4.39 Å². The molecule has 0 amide bonds. The minimum atomic E-state index is -0.148. The zero-order valence-corrected chi connectivity index (χ0v) is 14.2. The molecule has 0 aliphatic carbocycles. The summed E-state index contributed by atoms with van der Waals surface area (Å²) in [6.45, 7) is 4.13. The van der Waals surface area contributed by atoms with Crippen molar-refractivity contribution in [3.05, 3.63) is 35.8 Å². The highest BCUT2D eigenvalue weighted by Gasteiger charge is 2.10. The summed E-state index contributed by atoms with van der Waals surface area (Å²) in [4.78, 5) is 2.13. The molecule has 3 heteroatoms. The molecule has 2 nitrogen and oxygen atoms in total. The highest BCUT2D eigenvalue weighted by atomic mass is 19.1. The molecular formula is C19H29FN2. The molecule has 0 N–H and O–H groups in total. The van der Waals surface area contributed by atoms with Gasteiger partial charge < -0.3 is 9.47 Å². The topological polar surface area (TPSA) is 8.17 Å². The summed E-state index contributed by atoms with van der Waals surface area (Å²) in [5, 5.41) is 1.06. The molecule has 0 saturated heterocycles. The SMILES string of the molecule is CCCCCCCCn1cc(CN(C)C)c2cc(F)ccc21. The van der Waals surface area contributed by atoms with E-state index in [1.54, 1.807) is 12.1 Å². The molecule has 0 atom stereocenters. The van der Waals surface area contributed by atoms with Gasteiger partial charge in [0.15, 0.2) is 0 Å². The first-order valence-corrected chi connectivity index (χ1v) is 8.54. The van der Waals surface area contributed by atoms with Gasteiger partial charge in [-0.3, -0.25) is 0 Å². The number of fused-ring (bicyclic) bond motifs is 1. The fraction of sp³-hybridized carbons (Fsp3) is 0.579. The van der Waals surface area contributed by atoms with Crippen LogP contribution in [0.4, 0.5) is 4.39 Å². The van der Waals surface area contributed by atoms with Gasteiger partial charge in [0.25, 0.3) is 0 Å². The van der Waals surface area contributed by atoms with E-state index in [-0.39, 0.29) is 5.82 Å². The minimum absolute atomic E-state index is 0.148. The molecule has 22 heavy (non-hydrogen) atoms. The Bertz CT molecular complexity index is 586. The number of aryl methyl sites for hydroxylation is 1. The van der Waals surface area contributed by atoms with Crippen LogP contribution in [-0.2, 0) is 13.1 Å². The molecule has 0 fully saturated rings. The maximum atomic E-state index is 13.6. The van der Waals surface area contributed by atoms with Crippen molar-refractivity contribution in [2.45, 2.75) is 58.5 Å². The minimum Gasteiger partial charge on any atom is -0.347 e. The molecule has 2 rings (SSSR count). The predicted octanol–water partition coefficient (Wildman–Crippen LogP) is 5.20. The second kappa shape index (κ2) is 8.33. The summed E-state index contributed by atoms with van der Waals surface area (Å²) in [6, 6.07) is 5.16. The predicted molar refractivity (Wildman–Crippen MR) is 92.7 cm³/mol. The first-order chi connectivity index (χ1) is 10.6. The molecule has 122 valence electrons. The third-order valence-electron chi connectivity index (χ3n) is 4.16. The van der Waals surface area contributed by atoms with E-state index in [9.17, 15) is 4.39 Å². The maximum absolute atomic E-state index is 13.6. The third-order valence-corrected chi connectivity index (χ3v) is 4.16. The zero-order chi connectivity index (χ0) is 15.9. The van der Waals surface area contributed by atoms with Crippen LogP contribution in [0.5, 0.6) is 0 Å². The second-order valence-electron chi connectivity index (χ2n) is 6.51. The van der Waals surface area contributed by atoms with Gasteiger partial charge in [-0.15, -0.1) is 0 Å². The Kier molecular flexibility index (Phi) is 6.44.